The van der Waals surface area contributed by atoms with Gasteiger partial charge in [-0.25, -0.2) is 0 Å². The van der Waals surface area contributed by atoms with E-state index in [1.165, 1.54) is 11.8 Å². The Morgan fingerprint density at radius 2 is 1.38 bits per heavy atom. The van der Waals surface area contributed by atoms with Gasteiger partial charge >= 0.3 is 0 Å². The van der Waals surface area contributed by atoms with Crippen molar-refractivity contribution in [1.82, 2.24) is 5.32 Å². The highest BCUT2D eigenvalue weighted by atomic mass is 79.9. The third-order valence-electron chi connectivity index (χ3n) is 6.51. The van der Waals surface area contributed by atoms with Crippen molar-refractivity contribution in [1.29, 1.82) is 0 Å². The van der Waals surface area contributed by atoms with E-state index < -0.39 is 17.1 Å². The molecule has 0 aliphatic carbocycles. The molecule has 3 amide bonds. The van der Waals surface area contributed by atoms with Crippen LogP contribution in [0.4, 0.5) is 11.4 Å². The quantitative estimate of drug-likeness (QED) is 0.0985. The molecule has 45 heavy (non-hydrogen) atoms. The molecule has 0 radical (unpaired) electrons. The number of benzene rings is 5. The number of hydrogen-bond acceptors (Lipinski definition) is 4. The fourth-order valence-electron chi connectivity index (χ4n) is 4.35. The molecule has 1 atom stereocenters. The van der Waals surface area contributed by atoms with Gasteiger partial charge in [-0.15, -0.1) is 11.8 Å². The zero-order chi connectivity index (χ0) is 31.6. The van der Waals surface area contributed by atoms with Gasteiger partial charge in [-0.1, -0.05) is 94.8 Å². The van der Waals surface area contributed by atoms with Gasteiger partial charge in [0, 0.05) is 25.1 Å². The van der Waals surface area contributed by atoms with Gasteiger partial charge in [-0.2, -0.15) is 0 Å². The van der Waals surface area contributed by atoms with Crippen LogP contribution in [0.25, 0.3) is 6.08 Å². The predicted molar refractivity (Wildman–Crippen MR) is 189 cm³/mol. The second-order valence-electron chi connectivity index (χ2n) is 9.79. The molecule has 0 fully saturated rings. The molecule has 0 bridgehead atoms. The lowest BCUT2D eigenvalue weighted by Crippen LogP contribution is -2.30. The molecule has 5 rings (SSSR count). The Labute approximate surface area is 282 Å². The normalized spacial score (nSPS) is 11.7. The van der Waals surface area contributed by atoms with Crippen LogP contribution in [0.1, 0.15) is 26.7 Å². The first kappa shape index (κ1) is 32.0. The topological polar surface area (TPSA) is 87.3 Å². The van der Waals surface area contributed by atoms with Gasteiger partial charge < -0.3 is 16.0 Å². The maximum Gasteiger partial charge on any atom is 0.272 e. The maximum atomic E-state index is 13.6. The van der Waals surface area contributed by atoms with E-state index in [1.807, 2.05) is 97.1 Å². The van der Waals surface area contributed by atoms with Gasteiger partial charge in [-0.05, 0) is 87.7 Å². The number of para-hydroxylation sites is 1. The Balaban J connectivity index is 1.38. The van der Waals surface area contributed by atoms with Crippen molar-refractivity contribution in [2.45, 2.75) is 10.1 Å². The number of nitrogens with one attached hydrogen (secondary N) is 3. The number of anilines is 2. The molecule has 0 aromatic heterocycles. The molecule has 1 unspecified atom stereocenters. The summed E-state index contributed by atoms with van der Waals surface area (Å²) in [6, 6.07) is 40.4. The summed E-state index contributed by atoms with van der Waals surface area (Å²) < 4.78 is 1.62. The molecular weight excluding hydrogens is 714 g/mol. The lowest BCUT2D eigenvalue weighted by Gasteiger charge is -2.18. The summed E-state index contributed by atoms with van der Waals surface area (Å²) in [5.74, 6) is -1.08. The molecule has 0 saturated carbocycles. The Morgan fingerprint density at radius 1 is 0.689 bits per heavy atom. The van der Waals surface area contributed by atoms with Crippen molar-refractivity contribution >= 4 is 78.8 Å². The Bertz CT molecular complexity index is 1850. The first-order valence-electron chi connectivity index (χ1n) is 13.9. The Kier molecular flexibility index (Phi) is 11.0. The average Bonchev–Trinajstić information content (AvgIpc) is 3.05. The standard InChI is InChI=1S/C36H27Br2N3O3S/c37-27-16-9-11-24(21-27)22-32(41-34(42)26-14-5-2-6-15-26)35(43)39-28-17-10-18-29(23-28)45-33(25-12-3-1-4-13-25)36(44)40-31-20-8-7-19-30(31)38/h1-23,33H,(H,39,43)(H,40,44)(H,41,42)/b32-22+. The van der Waals surface area contributed by atoms with Crippen LogP contribution >= 0.6 is 43.6 Å². The van der Waals surface area contributed by atoms with Gasteiger partial charge in [0.2, 0.25) is 5.91 Å². The summed E-state index contributed by atoms with van der Waals surface area (Å²) in [4.78, 5) is 40.9. The molecule has 3 N–H and O–H groups in total. The Hall–Kier alpha value is -4.44. The summed E-state index contributed by atoms with van der Waals surface area (Å²) in [5.41, 5.74) is 3.26. The fourth-order valence-corrected chi connectivity index (χ4v) is 6.23. The first-order chi connectivity index (χ1) is 21.9. The smallest absolute Gasteiger partial charge is 0.272 e. The van der Waals surface area contributed by atoms with Gasteiger partial charge in [0.1, 0.15) is 10.9 Å². The summed E-state index contributed by atoms with van der Waals surface area (Å²) in [5, 5.41) is 8.13. The summed E-state index contributed by atoms with van der Waals surface area (Å²) in [6.07, 6.45) is 1.62. The van der Waals surface area contributed by atoms with E-state index >= 15 is 0 Å². The van der Waals surface area contributed by atoms with Crippen molar-refractivity contribution < 1.29 is 14.4 Å². The second kappa shape index (κ2) is 15.5. The maximum absolute atomic E-state index is 13.6. The number of halogens is 2. The van der Waals surface area contributed by atoms with Crippen molar-refractivity contribution in [3.63, 3.8) is 0 Å². The van der Waals surface area contributed by atoms with E-state index in [0.29, 0.717) is 16.9 Å². The molecular formula is C36H27Br2N3O3S. The van der Waals surface area contributed by atoms with Gasteiger partial charge in [-0.3, -0.25) is 14.4 Å². The molecule has 0 heterocycles. The second-order valence-corrected chi connectivity index (χ2v) is 12.7. The van der Waals surface area contributed by atoms with Crippen molar-refractivity contribution in [2.24, 2.45) is 0 Å². The number of thioether (sulfide) groups is 1. The van der Waals surface area contributed by atoms with Crippen LogP contribution in [-0.2, 0) is 9.59 Å². The van der Waals surface area contributed by atoms with Crippen molar-refractivity contribution in [2.75, 3.05) is 10.6 Å². The molecule has 5 aromatic carbocycles. The van der Waals surface area contributed by atoms with Crippen LogP contribution in [-0.4, -0.2) is 17.7 Å². The molecule has 224 valence electrons. The van der Waals surface area contributed by atoms with Crippen molar-refractivity contribution in [3.05, 3.63) is 165 Å². The van der Waals surface area contributed by atoms with E-state index in [1.54, 1.807) is 42.5 Å². The first-order valence-corrected chi connectivity index (χ1v) is 16.3. The third kappa shape index (κ3) is 9.04. The summed E-state index contributed by atoms with van der Waals surface area (Å²) in [6.45, 7) is 0. The van der Waals surface area contributed by atoms with Gasteiger partial charge in [0.25, 0.3) is 11.8 Å². The monoisotopic (exact) mass is 739 g/mol. The number of carbonyl (C=O) groups excluding carboxylic acids is 3. The molecule has 0 saturated heterocycles. The van der Waals surface area contributed by atoms with Crippen LogP contribution in [0, 0.1) is 0 Å². The summed E-state index contributed by atoms with van der Waals surface area (Å²) >= 11 is 8.32. The fraction of sp³-hybridized carbons (Fsp3) is 0.0278. The van der Waals surface area contributed by atoms with E-state index in [9.17, 15) is 14.4 Å². The molecule has 9 heteroatoms. The largest absolute Gasteiger partial charge is 0.324 e. The zero-order valence-corrected chi connectivity index (χ0v) is 27.7. The highest BCUT2D eigenvalue weighted by Crippen LogP contribution is 2.38. The number of carbonyl (C=O) groups is 3. The Morgan fingerprint density at radius 3 is 2.11 bits per heavy atom. The molecule has 0 aliphatic rings. The third-order valence-corrected chi connectivity index (χ3v) is 8.94. The van der Waals surface area contributed by atoms with Crippen LogP contribution in [0.5, 0.6) is 0 Å². The lowest BCUT2D eigenvalue weighted by molar-refractivity contribution is -0.116. The average molecular weight is 742 g/mol. The highest BCUT2D eigenvalue weighted by Gasteiger charge is 2.23. The van der Waals surface area contributed by atoms with E-state index in [2.05, 4.69) is 47.8 Å². The highest BCUT2D eigenvalue weighted by molar-refractivity contribution is 9.10. The predicted octanol–water partition coefficient (Wildman–Crippen LogP) is 9.09. The molecule has 0 aliphatic heterocycles. The zero-order valence-electron chi connectivity index (χ0n) is 23.7. The minimum Gasteiger partial charge on any atom is -0.324 e. The lowest BCUT2D eigenvalue weighted by atomic mass is 10.1. The molecule has 0 spiro atoms. The van der Waals surface area contributed by atoms with E-state index in [-0.39, 0.29) is 11.6 Å². The summed E-state index contributed by atoms with van der Waals surface area (Å²) in [7, 11) is 0. The van der Waals surface area contributed by atoms with Gasteiger partial charge in [0.05, 0.1) is 5.69 Å². The SMILES string of the molecule is O=C(Nc1cccc(SC(C(=O)Nc2ccccc2Br)c2ccccc2)c1)/C(=C\c1cccc(Br)c1)NC(=O)c1ccccc1. The minimum atomic E-state index is -0.568. The van der Waals surface area contributed by atoms with Crippen LogP contribution in [0.15, 0.2) is 153 Å². The van der Waals surface area contributed by atoms with E-state index in [0.717, 1.165) is 25.0 Å². The molecule has 5 aromatic rings. The minimum absolute atomic E-state index is 0.0787. The van der Waals surface area contributed by atoms with Gasteiger partial charge in [0.15, 0.2) is 0 Å². The number of amides is 3. The van der Waals surface area contributed by atoms with Crippen LogP contribution < -0.4 is 16.0 Å². The molecule has 6 nitrogen and oxygen atoms in total. The number of hydrogen-bond donors (Lipinski definition) is 3. The van der Waals surface area contributed by atoms with E-state index in [4.69, 9.17) is 0 Å². The van der Waals surface area contributed by atoms with Crippen molar-refractivity contribution in [3.8, 4) is 0 Å². The number of rotatable bonds is 10. The van der Waals surface area contributed by atoms with Crippen LogP contribution in [0.2, 0.25) is 0 Å². The van der Waals surface area contributed by atoms with Crippen LogP contribution in [0.3, 0.4) is 0 Å².